The lowest BCUT2D eigenvalue weighted by Gasteiger charge is -2.20. The van der Waals surface area contributed by atoms with Gasteiger partial charge < -0.3 is 14.8 Å². The molecule has 1 heterocycles. The highest BCUT2D eigenvalue weighted by Crippen LogP contribution is 2.31. The minimum absolute atomic E-state index is 0.0575. The topological polar surface area (TPSA) is 47.6 Å². The number of aryl methyl sites for hydroxylation is 3. The van der Waals surface area contributed by atoms with Gasteiger partial charge in [0.1, 0.15) is 13.2 Å². The van der Waals surface area contributed by atoms with E-state index in [4.69, 9.17) is 9.47 Å². The van der Waals surface area contributed by atoms with Crippen LogP contribution in [-0.4, -0.2) is 19.1 Å². The normalized spacial score (nSPS) is 14.0. The molecule has 0 radical (unpaired) electrons. The van der Waals surface area contributed by atoms with Crippen molar-refractivity contribution in [1.29, 1.82) is 0 Å². The van der Waals surface area contributed by atoms with Crippen LogP contribution in [0.25, 0.3) is 0 Å². The van der Waals surface area contributed by atoms with E-state index >= 15 is 0 Å². The second-order valence-corrected chi connectivity index (χ2v) is 6.85. The van der Waals surface area contributed by atoms with Crippen molar-refractivity contribution in [1.82, 2.24) is 5.32 Å². The molecule has 1 N–H and O–H groups in total. The first-order chi connectivity index (χ1) is 12.6. The monoisotopic (exact) mass is 353 g/mol. The van der Waals surface area contributed by atoms with Crippen LogP contribution in [0.4, 0.5) is 0 Å². The van der Waals surface area contributed by atoms with Gasteiger partial charge in [-0.25, -0.2) is 0 Å². The summed E-state index contributed by atoms with van der Waals surface area (Å²) >= 11 is 0. The quantitative estimate of drug-likeness (QED) is 0.843. The minimum atomic E-state index is 0.0575. The van der Waals surface area contributed by atoms with Crippen molar-refractivity contribution in [2.45, 2.75) is 46.1 Å². The van der Waals surface area contributed by atoms with Crippen LogP contribution in [0.15, 0.2) is 36.4 Å². The molecule has 0 bridgehead atoms. The standard InChI is InChI=1S/C22H27NO3/c1-4-19(18-8-5-15(2)16(3)13-18)23-22(24)10-7-17-6-9-20-21(14-17)26-12-11-25-20/h5-6,8-9,13-14,19H,4,7,10-12H2,1-3H3,(H,23,24)/t19-/m1/s1. The van der Waals surface area contributed by atoms with E-state index in [9.17, 15) is 4.79 Å². The number of carbonyl (C=O) groups is 1. The largest absolute Gasteiger partial charge is 0.486 e. The molecule has 3 rings (SSSR count). The molecule has 2 aromatic rings. The number of hydrogen-bond acceptors (Lipinski definition) is 3. The van der Waals surface area contributed by atoms with Crippen LogP contribution in [0.2, 0.25) is 0 Å². The first-order valence-electron chi connectivity index (χ1n) is 9.32. The van der Waals surface area contributed by atoms with Crippen LogP contribution >= 0.6 is 0 Å². The lowest BCUT2D eigenvalue weighted by atomic mass is 9.99. The number of rotatable bonds is 6. The molecule has 26 heavy (non-hydrogen) atoms. The molecule has 1 aliphatic heterocycles. The average Bonchev–Trinajstić information content (AvgIpc) is 2.66. The van der Waals surface area contributed by atoms with Gasteiger partial charge in [-0.15, -0.1) is 0 Å². The van der Waals surface area contributed by atoms with Crippen LogP contribution in [-0.2, 0) is 11.2 Å². The summed E-state index contributed by atoms with van der Waals surface area (Å²) in [6, 6.07) is 12.4. The molecule has 0 saturated heterocycles. The van der Waals surface area contributed by atoms with Crippen molar-refractivity contribution in [3.05, 3.63) is 58.7 Å². The van der Waals surface area contributed by atoms with Crippen LogP contribution in [0, 0.1) is 13.8 Å². The van der Waals surface area contributed by atoms with Crippen LogP contribution in [0.1, 0.15) is 48.1 Å². The zero-order valence-corrected chi connectivity index (χ0v) is 15.8. The van der Waals surface area contributed by atoms with Gasteiger partial charge in [-0.1, -0.05) is 31.2 Å². The van der Waals surface area contributed by atoms with E-state index in [-0.39, 0.29) is 11.9 Å². The first-order valence-corrected chi connectivity index (χ1v) is 9.32. The molecule has 4 nitrogen and oxygen atoms in total. The fourth-order valence-corrected chi connectivity index (χ4v) is 3.17. The molecule has 138 valence electrons. The Morgan fingerprint density at radius 2 is 1.81 bits per heavy atom. The third-order valence-electron chi connectivity index (χ3n) is 4.92. The predicted octanol–water partition coefficient (Wildman–Crippen LogP) is 4.27. The Morgan fingerprint density at radius 1 is 1.04 bits per heavy atom. The number of hydrogen-bond donors (Lipinski definition) is 1. The molecular weight excluding hydrogens is 326 g/mol. The highest BCUT2D eigenvalue weighted by Gasteiger charge is 2.15. The van der Waals surface area contributed by atoms with Crippen LogP contribution in [0.3, 0.4) is 0 Å². The molecular formula is C22H27NO3. The third kappa shape index (κ3) is 4.37. The Bertz CT molecular complexity index is 785. The summed E-state index contributed by atoms with van der Waals surface area (Å²) < 4.78 is 11.1. The summed E-state index contributed by atoms with van der Waals surface area (Å²) in [5, 5.41) is 3.17. The maximum Gasteiger partial charge on any atom is 0.220 e. The van der Waals surface area contributed by atoms with Crippen molar-refractivity contribution in [3.63, 3.8) is 0 Å². The zero-order valence-electron chi connectivity index (χ0n) is 15.8. The summed E-state index contributed by atoms with van der Waals surface area (Å²) in [7, 11) is 0. The van der Waals surface area contributed by atoms with Gasteiger partial charge in [0, 0.05) is 6.42 Å². The SMILES string of the molecule is CC[C@@H](NC(=O)CCc1ccc2c(c1)OCCO2)c1ccc(C)c(C)c1. The Hall–Kier alpha value is -2.49. The van der Waals surface area contributed by atoms with Crippen molar-refractivity contribution in [2.75, 3.05) is 13.2 Å². The number of ether oxygens (including phenoxy) is 2. The number of benzene rings is 2. The van der Waals surface area contributed by atoms with Gasteiger partial charge in [-0.3, -0.25) is 4.79 Å². The van der Waals surface area contributed by atoms with E-state index in [0.29, 0.717) is 26.1 Å². The molecule has 1 amide bonds. The Morgan fingerprint density at radius 3 is 2.54 bits per heavy atom. The molecule has 1 atom stereocenters. The molecule has 4 heteroatoms. The summed E-state index contributed by atoms with van der Waals surface area (Å²) in [5.74, 6) is 1.63. The average molecular weight is 353 g/mol. The van der Waals surface area contributed by atoms with E-state index in [1.807, 2.05) is 18.2 Å². The van der Waals surface area contributed by atoms with E-state index in [1.54, 1.807) is 0 Å². The van der Waals surface area contributed by atoms with Crippen molar-refractivity contribution < 1.29 is 14.3 Å². The zero-order chi connectivity index (χ0) is 18.5. The second kappa shape index (κ2) is 8.26. The summed E-state index contributed by atoms with van der Waals surface area (Å²) in [5.41, 5.74) is 4.78. The molecule has 2 aromatic carbocycles. The smallest absolute Gasteiger partial charge is 0.220 e. The maximum atomic E-state index is 12.4. The highest BCUT2D eigenvalue weighted by molar-refractivity contribution is 5.76. The number of carbonyl (C=O) groups excluding carboxylic acids is 1. The van der Waals surface area contributed by atoms with Crippen LogP contribution < -0.4 is 14.8 Å². The van der Waals surface area contributed by atoms with Crippen molar-refractivity contribution >= 4 is 5.91 Å². The molecule has 0 saturated carbocycles. The lowest BCUT2D eigenvalue weighted by Crippen LogP contribution is -2.28. The number of fused-ring (bicyclic) bond motifs is 1. The minimum Gasteiger partial charge on any atom is -0.486 e. The van der Waals surface area contributed by atoms with Gasteiger partial charge in [-0.2, -0.15) is 0 Å². The Kier molecular flexibility index (Phi) is 5.82. The Labute approximate surface area is 155 Å². The molecule has 0 spiro atoms. The van der Waals surface area contributed by atoms with Crippen molar-refractivity contribution in [2.24, 2.45) is 0 Å². The fraction of sp³-hybridized carbons (Fsp3) is 0.409. The van der Waals surface area contributed by atoms with E-state index in [1.165, 1.54) is 16.7 Å². The maximum absolute atomic E-state index is 12.4. The summed E-state index contributed by atoms with van der Waals surface area (Å²) in [4.78, 5) is 12.4. The molecule has 0 aliphatic carbocycles. The Balaban J connectivity index is 1.58. The third-order valence-corrected chi connectivity index (χ3v) is 4.92. The molecule has 1 aliphatic rings. The van der Waals surface area contributed by atoms with Gasteiger partial charge in [0.25, 0.3) is 0 Å². The van der Waals surface area contributed by atoms with E-state index in [0.717, 1.165) is 23.5 Å². The summed E-state index contributed by atoms with van der Waals surface area (Å²) in [6.07, 6.45) is 2.02. The molecule has 0 aromatic heterocycles. The van der Waals surface area contributed by atoms with Gasteiger partial charge in [-0.05, 0) is 61.1 Å². The first kappa shape index (κ1) is 18.3. The second-order valence-electron chi connectivity index (χ2n) is 6.85. The van der Waals surface area contributed by atoms with Gasteiger partial charge in [0.05, 0.1) is 6.04 Å². The lowest BCUT2D eigenvalue weighted by molar-refractivity contribution is -0.121. The van der Waals surface area contributed by atoms with Crippen LogP contribution in [0.5, 0.6) is 11.5 Å². The predicted molar refractivity (Wildman–Crippen MR) is 103 cm³/mol. The summed E-state index contributed by atoms with van der Waals surface area (Å²) in [6.45, 7) is 7.47. The fourth-order valence-electron chi connectivity index (χ4n) is 3.17. The van der Waals surface area contributed by atoms with E-state index in [2.05, 4.69) is 44.3 Å². The molecule has 0 fully saturated rings. The number of nitrogens with one attached hydrogen (secondary N) is 1. The highest BCUT2D eigenvalue weighted by atomic mass is 16.6. The van der Waals surface area contributed by atoms with Gasteiger partial charge >= 0.3 is 0 Å². The number of amides is 1. The van der Waals surface area contributed by atoms with E-state index < -0.39 is 0 Å². The molecule has 0 unspecified atom stereocenters. The van der Waals surface area contributed by atoms with Gasteiger partial charge in [0.15, 0.2) is 11.5 Å². The van der Waals surface area contributed by atoms with Crippen molar-refractivity contribution in [3.8, 4) is 11.5 Å². The van der Waals surface area contributed by atoms with Gasteiger partial charge in [0.2, 0.25) is 5.91 Å².